The van der Waals surface area contributed by atoms with Crippen LogP contribution in [-0.2, 0) is 14.3 Å². The van der Waals surface area contributed by atoms with Gasteiger partial charge in [0.25, 0.3) is 0 Å². The van der Waals surface area contributed by atoms with Crippen molar-refractivity contribution in [1.29, 1.82) is 0 Å². The van der Waals surface area contributed by atoms with Crippen molar-refractivity contribution in [3.63, 3.8) is 0 Å². The van der Waals surface area contributed by atoms with E-state index in [1.807, 2.05) is 6.92 Å². The first kappa shape index (κ1) is 12.7. The van der Waals surface area contributed by atoms with E-state index < -0.39 is 11.3 Å². The highest BCUT2D eigenvalue weighted by Crippen LogP contribution is 2.32. The number of amides is 1. The lowest BCUT2D eigenvalue weighted by molar-refractivity contribution is -0.146. The van der Waals surface area contributed by atoms with Crippen LogP contribution in [0.3, 0.4) is 0 Å². The van der Waals surface area contributed by atoms with Gasteiger partial charge in [-0.25, -0.2) is 0 Å². The molecule has 0 bridgehead atoms. The molecule has 0 spiro atoms. The Labute approximate surface area is 95.1 Å². The first-order chi connectivity index (χ1) is 6.54. The van der Waals surface area contributed by atoms with Crippen molar-refractivity contribution in [3.8, 4) is 0 Å². The van der Waals surface area contributed by atoms with Crippen LogP contribution >= 0.6 is 12.4 Å². The van der Waals surface area contributed by atoms with E-state index in [1.54, 1.807) is 0 Å². The van der Waals surface area contributed by atoms with E-state index >= 15 is 0 Å². The van der Waals surface area contributed by atoms with Crippen LogP contribution in [0, 0.1) is 0 Å². The number of hydrogen-bond donors (Lipinski definition) is 2. The van der Waals surface area contributed by atoms with Crippen molar-refractivity contribution in [2.45, 2.75) is 31.1 Å². The molecule has 88 valence electrons. The van der Waals surface area contributed by atoms with E-state index in [9.17, 15) is 4.79 Å². The molecule has 2 aliphatic rings. The second kappa shape index (κ2) is 4.25. The number of carbonyl (C=O) groups is 1. The van der Waals surface area contributed by atoms with Crippen molar-refractivity contribution in [1.82, 2.24) is 5.32 Å². The van der Waals surface area contributed by atoms with E-state index in [0.29, 0.717) is 19.8 Å². The zero-order chi connectivity index (χ0) is 10.2. The maximum atomic E-state index is 11.5. The molecule has 1 saturated carbocycles. The molecule has 0 aromatic heterocycles. The van der Waals surface area contributed by atoms with Crippen LogP contribution in [0.25, 0.3) is 0 Å². The van der Waals surface area contributed by atoms with Crippen molar-refractivity contribution < 1.29 is 14.3 Å². The number of nitrogens with one attached hydrogen (secondary N) is 1. The molecule has 1 heterocycles. The SMILES string of the molecule is CC1(CNC(=O)C2(N)CC2)OCCO1.Cl. The summed E-state index contributed by atoms with van der Waals surface area (Å²) in [6, 6.07) is 0. The zero-order valence-corrected chi connectivity index (χ0v) is 9.56. The van der Waals surface area contributed by atoms with Gasteiger partial charge < -0.3 is 20.5 Å². The Bertz CT molecular complexity index is 250. The fourth-order valence-electron chi connectivity index (χ4n) is 1.44. The third-order valence-electron chi connectivity index (χ3n) is 2.71. The van der Waals surface area contributed by atoms with Gasteiger partial charge in [-0.15, -0.1) is 12.4 Å². The maximum absolute atomic E-state index is 11.5. The Hall–Kier alpha value is -0.360. The van der Waals surface area contributed by atoms with E-state index in [2.05, 4.69) is 5.32 Å². The standard InChI is InChI=1S/C9H16N2O3.ClH/c1-8(13-4-5-14-8)6-11-7(12)9(10)2-3-9;/h2-6,10H2,1H3,(H,11,12);1H. The van der Waals surface area contributed by atoms with Crippen LogP contribution in [0.15, 0.2) is 0 Å². The van der Waals surface area contributed by atoms with Crippen molar-refractivity contribution in [3.05, 3.63) is 0 Å². The van der Waals surface area contributed by atoms with Crippen LogP contribution in [-0.4, -0.2) is 37.0 Å². The average molecular weight is 237 g/mol. The molecule has 1 amide bonds. The Morgan fingerprint density at radius 2 is 1.93 bits per heavy atom. The number of hydrogen-bond acceptors (Lipinski definition) is 4. The summed E-state index contributed by atoms with van der Waals surface area (Å²) in [5.74, 6) is -0.765. The molecule has 5 nitrogen and oxygen atoms in total. The van der Waals surface area contributed by atoms with Crippen LogP contribution < -0.4 is 11.1 Å². The molecule has 2 rings (SSSR count). The van der Waals surface area contributed by atoms with Crippen LogP contribution in [0.5, 0.6) is 0 Å². The first-order valence-corrected chi connectivity index (χ1v) is 4.89. The normalized spacial score (nSPS) is 25.5. The Morgan fingerprint density at radius 1 is 1.40 bits per heavy atom. The molecule has 6 heteroatoms. The molecule has 0 radical (unpaired) electrons. The van der Waals surface area contributed by atoms with Gasteiger partial charge in [-0.3, -0.25) is 4.79 Å². The second-order valence-electron chi connectivity index (χ2n) is 4.17. The molecular weight excluding hydrogens is 220 g/mol. The molecule has 1 aliphatic heterocycles. The molecule has 0 atom stereocenters. The smallest absolute Gasteiger partial charge is 0.240 e. The summed E-state index contributed by atoms with van der Waals surface area (Å²) in [5, 5.41) is 2.75. The van der Waals surface area contributed by atoms with Gasteiger partial charge in [0.2, 0.25) is 5.91 Å². The fraction of sp³-hybridized carbons (Fsp3) is 0.889. The number of carbonyl (C=O) groups excluding carboxylic acids is 1. The summed E-state index contributed by atoms with van der Waals surface area (Å²) in [5.41, 5.74) is 5.11. The molecular formula is C9H17ClN2O3. The summed E-state index contributed by atoms with van der Waals surface area (Å²) in [4.78, 5) is 11.5. The highest BCUT2D eigenvalue weighted by Gasteiger charge is 2.46. The van der Waals surface area contributed by atoms with Crippen LogP contribution in [0.1, 0.15) is 19.8 Å². The Kier molecular flexibility index (Phi) is 3.60. The highest BCUT2D eigenvalue weighted by atomic mass is 35.5. The first-order valence-electron chi connectivity index (χ1n) is 4.89. The Balaban J connectivity index is 0.00000112. The van der Waals surface area contributed by atoms with E-state index in [-0.39, 0.29) is 18.3 Å². The van der Waals surface area contributed by atoms with E-state index in [4.69, 9.17) is 15.2 Å². The van der Waals surface area contributed by atoms with E-state index in [1.165, 1.54) is 0 Å². The predicted molar refractivity (Wildman–Crippen MR) is 56.7 cm³/mol. The summed E-state index contributed by atoms with van der Waals surface area (Å²) < 4.78 is 10.7. The summed E-state index contributed by atoms with van der Waals surface area (Å²) in [6.07, 6.45) is 1.55. The molecule has 0 aromatic rings. The van der Waals surface area contributed by atoms with Gasteiger partial charge in [0.15, 0.2) is 5.79 Å². The minimum atomic E-state index is -0.666. The lowest BCUT2D eigenvalue weighted by Crippen LogP contribution is -2.48. The molecule has 0 aromatic carbocycles. The monoisotopic (exact) mass is 236 g/mol. The summed E-state index contributed by atoms with van der Waals surface area (Å²) >= 11 is 0. The quantitative estimate of drug-likeness (QED) is 0.711. The molecule has 1 saturated heterocycles. The minimum Gasteiger partial charge on any atom is -0.349 e. The largest absolute Gasteiger partial charge is 0.349 e. The van der Waals surface area contributed by atoms with Crippen molar-refractivity contribution in [2.24, 2.45) is 5.73 Å². The minimum absolute atomic E-state index is 0. The molecule has 0 unspecified atom stereocenters. The summed E-state index contributed by atoms with van der Waals surface area (Å²) in [6.45, 7) is 3.35. The topological polar surface area (TPSA) is 73.6 Å². The number of halogens is 1. The molecule has 3 N–H and O–H groups in total. The van der Waals surface area contributed by atoms with Gasteiger partial charge in [-0.05, 0) is 19.8 Å². The van der Waals surface area contributed by atoms with Gasteiger partial charge in [-0.1, -0.05) is 0 Å². The zero-order valence-electron chi connectivity index (χ0n) is 8.75. The van der Waals surface area contributed by atoms with E-state index in [0.717, 1.165) is 12.8 Å². The number of ether oxygens (including phenoxy) is 2. The highest BCUT2D eigenvalue weighted by molar-refractivity contribution is 5.88. The number of nitrogens with two attached hydrogens (primary N) is 1. The molecule has 2 fully saturated rings. The second-order valence-corrected chi connectivity index (χ2v) is 4.17. The van der Waals surface area contributed by atoms with Crippen LogP contribution in [0.4, 0.5) is 0 Å². The molecule has 1 aliphatic carbocycles. The Morgan fingerprint density at radius 3 is 2.40 bits per heavy atom. The third kappa shape index (κ3) is 2.81. The maximum Gasteiger partial charge on any atom is 0.240 e. The predicted octanol–water partition coefficient (Wildman–Crippen LogP) is -0.221. The molecule has 15 heavy (non-hydrogen) atoms. The summed E-state index contributed by atoms with van der Waals surface area (Å²) in [7, 11) is 0. The van der Waals surface area contributed by atoms with Crippen molar-refractivity contribution >= 4 is 18.3 Å². The van der Waals surface area contributed by atoms with Gasteiger partial charge in [0.05, 0.1) is 25.3 Å². The lowest BCUT2D eigenvalue weighted by atomic mass is 10.2. The lowest BCUT2D eigenvalue weighted by Gasteiger charge is -2.23. The third-order valence-corrected chi connectivity index (χ3v) is 2.71. The van der Waals surface area contributed by atoms with Gasteiger partial charge >= 0.3 is 0 Å². The van der Waals surface area contributed by atoms with Crippen molar-refractivity contribution in [2.75, 3.05) is 19.8 Å². The fourth-order valence-corrected chi connectivity index (χ4v) is 1.44. The van der Waals surface area contributed by atoms with Gasteiger partial charge in [0.1, 0.15) is 0 Å². The van der Waals surface area contributed by atoms with Crippen LogP contribution in [0.2, 0.25) is 0 Å². The average Bonchev–Trinajstić information content (AvgIpc) is 2.75. The number of rotatable bonds is 3. The van der Waals surface area contributed by atoms with Gasteiger partial charge in [-0.2, -0.15) is 0 Å². The van der Waals surface area contributed by atoms with Gasteiger partial charge in [0, 0.05) is 0 Å².